The molecule has 1 N–H and O–H groups in total. The number of carbonyl (C=O) groups is 1. The quantitative estimate of drug-likeness (QED) is 0.821. The summed E-state index contributed by atoms with van der Waals surface area (Å²) in [4.78, 5) is 12.3. The van der Waals surface area contributed by atoms with E-state index in [0.29, 0.717) is 11.3 Å². The smallest absolute Gasteiger partial charge is 0.215 e. The summed E-state index contributed by atoms with van der Waals surface area (Å²) in [5.74, 6) is -0.0603. The minimum Gasteiger partial charge on any atom is -0.287 e. The minimum absolute atomic E-state index is 0.0603. The predicted molar refractivity (Wildman–Crippen MR) is 69.6 cm³/mol. The summed E-state index contributed by atoms with van der Waals surface area (Å²) in [5, 5.41) is 10.6. The molecule has 2 rings (SSSR count). The molecule has 0 aliphatic carbocycles. The number of rotatable bonds is 5. The van der Waals surface area contributed by atoms with Crippen molar-refractivity contribution < 1.29 is 4.79 Å². The normalized spacial score (nSPS) is 10.6. The van der Waals surface area contributed by atoms with E-state index < -0.39 is 0 Å². The van der Waals surface area contributed by atoms with Gasteiger partial charge in [-0.3, -0.25) is 4.79 Å². The van der Waals surface area contributed by atoms with Crippen molar-refractivity contribution in [3.05, 3.63) is 46.8 Å². The summed E-state index contributed by atoms with van der Waals surface area (Å²) < 4.78 is 0. The molecule has 0 atom stereocenters. The Labute approximate surface area is 106 Å². The number of hydrogen-bond donors (Lipinski definition) is 1. The molecule has 0 spiro atoms. The van der Waals surface area contributed by atoms with Crippen molar-refractivity contribution in [1.82, 2.24) is 15.4 Å². The molecule has 1 aromatic heterocycles. The fourth-order valence-corrected chi connectivity index (χ4v) is 1.79. The maximum Gasteiger partial charge on any atom is 0.215 e. The van der Waals surface area contributed by atoms with Crippen LogP contribution in [0.4, 0.5) is 0 Å². The standard InChI is InChI=1S/C14H17N3O/c1-3-4-5-12-13(16-17-15-12)14(18)11-8-6-10(2)7-9-11/h6-9H,3-5H2,1-2H3,(H,15,16,17). The second kappa shape index (κ2) is 5.58. The molecule has 1 aromatic carbocycles. The molecule has 0 aliphatic rings. The van der Waals surface area contributed by atoms with Gasteiger partial charge in [-0.15, -0.1) is 0 Å². The van der Waals surface area contributed by atoms with E-state index in [2.05, 4.69) is 22.3 Å². The first kappa shape index (κ1) is 12.5. The lowest BCUT2D eigenvalue weighted by atomic mass is 10.0. The lowest BCUT2D eigenvalue weighted by molar-refractivity contribution is 0.103. The van der Waals surface area contributed by atoms with Crippen LogP contribution in [0.3, 0.4) is 0 Å². The maximum absolute atomic E-state index is 12.3. The maximum atomic E-state index is 12.3. The van der Waals surface area contributed by atoms with E-state index >= 15 is 0 Å². The number of nitrogens with one attached hydrogen (secondary N) is 1. The molecule has 4 nitrogen and oxygen atoms in total. The van der Waals surface area contributed by atoms with Crippen LogP contribution in [0.1, 0.15) is 47.1 Å². The molecular weight excluding hydrogens is 226 g/mol. The van der Waals surface area contributed by atoms with Gasteiger partial charge < -0.3 is 0 Å². The average molecular weight is 243 g/mol. The summed E-state index contributed by atoms with van der Waals surface area (Å²) in [6, 6.07) is 7.52. The molecule has 18 heavy (non-hydrogen) atoms. The fourth-order valence-electron chi connectivity index (χ4n) is 1.79. The molecule has 2 aromatic rings. The van der Waals surface area contributed by atoms with Crippen LogP contribution in [0, 0.1) is 6.92 Å². The van der Waals surface area contributed by atoms with Gasteiger partial charge >= 0.3 is 0 Å². The van der Waals surface area contributed by atoms with Crippen LogP contribution in [-0.2, 0) is 6.42 Å². The number of hydrogen-bond acceptors (Lipinski definition) is 3. The highest BCUT2D eigenvalue weighted by Crippen LogP contribution is 2.13. The Morgan fingerprint density at radius 3 is 2.61 bits per heavy atom. The van der Waals surface area contributed by atoms with Gasteiger partial charge in [-0.2, -0.15) is 15.4 Å². The van der Waals surface area contributed by atoms with Crippen LogP contribution in [0.25, 0.3) is 0 Å². The van der Waals surface area contributed by atoms with Crippen LogP contribution in [0.2, 0.25) is 0 Å². The first-order valence-corrected chi connectivity index (χ1v) is 6.23. The lowest BCUT2D eigenvalue weighted by Gasteiger charge is -2.00. The van der Waals surface area contributed by atoms with Gasteiger partial charge in [0, 0.05) is 5.56 Å². The van der Waals surface area contributed by atoms with Gasteiger partial charge in [0.05, 0.1) is 5.69 Å². The average Bonchev–Trinajstić information content (AvgIpc) is 2.84. The number of unbranched alkanes of at least 4 members (excludes halogenated alkanes) is 1. The van der Waals surface area contributed by atoms with Crippen LogP contribution < -0.4 is 0 Å². The number of benzene rings is 1. The molecule has 0 amide bonds. The van der Waals surface area contributed by atoms with E-state index in [9.17, 15) is 4.79 Å². The molecule has 0 unspecified atom stereocenters. The Morgan fingerprint density at radius 1 is 1.22 bits per heavy atom. The van der Waals surface area contributed by atoms with Crippen molar-refractivity contribution in [2.75, 3.05) is 0 Å². The van der Waals surface area contributed by atoms with Crippen molar-refractivity contribution in [1.29, 1.82) is 0 Å². The van der Waals surface area contributed by atoms with Crippen LogP contribution in [-0.4, -0.2) is 21.2 Å². The molecule has 0 radical (unpaired) electrons. The monoisotopic (exact) mass is 243 g/mol. The largest absolute Gasteiger partial charge is 0.287 e. The van der Waals surface area contributed by atoms with Gasteiger partial charge in [-0.1, -0.05) is 43.2 Å². The number of aromatic nitrogens is 3. The molecule has 0 saturated carbocycles. The van der Waals surface area contributed by atoms with Crippen LogP contribution >= 0.6 is 0 Å². The zero-order chi connectivity index (χ0) is 13.0. The second-order valence-electron chi connectivity index (χ2n) is 4.42. The number of H-pyrrole nitrogens is 1. The highest BCUT2D eigenvalue weighted by molar-refractivity contribution is 6.08. The zero-order valence-electron chi connectivity index (χ0n) is 10.7. The third-order valence-corrected chi connectivity index (χ3v) is 2.92. The molecule has 0 aliphatic heterocycles. The highest BCUT2D eigenvalue weighted by atomic mass is 16.1. The minimum atomic E-state index is -0.0603. The van der Waals surface area contributed by atoms with E-state index in [1.807, 2.05) is 31.2 Å². The molecule has 0 fully saturated rings. The second-order valence-corrected chi connectivity index (χ2v) is 4.42. The van der Waals surface area contributed by atoms with Crippen LogP contribution in [0.15, 0.2) is 24.3 Å². The first-order chi connectivity index (χ1) is 8.72. The Balaban J connectivity index is 2.23. The van der Waals surface area contributed by atoms with Crippen molar-refractivity contribution >= 4 is 5.78 Å². The third kappa shape index (κ3) is 2.64. The van der Waals surface area contributed by atoms with Gasteiger partial charge in [0.2, 0.25) is 5.78 Å². The summed E-state index contributed by atoms with van der Waals surface area (Å²) in [6.07, 6.45) is 2.88. The first-order valence-electron chi connectivity index (χ1n) is 6.23. The Kier molecular flexibility index (Phi) is 3.87. The van der Waals surface area contributed by atoms with Crippen molar-refractivity contribution in [3.8, 4) is 0 Å². The number of aromatic amines is 1. The topological polar surface area (TPSA) is 58.6 Å². The molecule has 94 valence electrons. The summed E-state index contributed by atoms with van der Waals surface area (Å²) >= 11 is 0. The number of carbonyl (C=O) groups excluding carboxylic acids is 1. The number of ketones is 1. The van der Waals surface area contributed by atoms with E-state index in [-0.39, 0.29) is 5.78 Å². The van der Waals surface area contributed by atoms with Gasteiger partial charge in [0.15, 0.2) is 5.69 Å². The Bertz CT molecular complexity index is 528. The van der Waals surface area contributed by atoms with Gasteiger partial charge in [0.1, 0.15) is 0 Å². The van der Waals surface area contributed by atoms with Crippen molar-refractivity contribution in [3.63, 3.8) is 0 Å². The molecular formula is C14H17N3O. The van der Waals surface area contributed by atoms with Gasteiger partial charge in [0.25, 0.3) is 0 Å². The van der Waals surface area contributed by atoms with Crippen LogP contribution in [0.5, 0.6) is 0 Å². The fraction of sp³-hybridized carbons (Fsp3) is 0.357. The summed E-state index contributed by atoms with van der Waals surface area (Å²) in [7, 11) is 0. The van der Waals surface area contributed by atoms with E-state index in [0.717, 1.165) is 30.5 Å². The third-order valence-electron chi connectivity index (χ3n) is 2.92. The molecule has 0 bridgehead atoms. The Morgan fingerprint density at radius 2 is 1.94 bits per heavy atom. The van der Waals surface area contributed by atoms with Gasteiger partial charge in [-0.25, -0.2) is 0 Å². The summed E-state index contributed by atoms with van der Waals surface area (Å²) in [6.45, 7) is 4.11. The van der Waals surface area contributed by atoms with E-state index in [4.69, 9.17) is 0 Å². The molecule has 1 heterocycles. The lowest BCUT2D eigenvalue weighted by Crippen LogP contribution is -2.05. The van der Waals surface area contributed by atoms with Gasteiger partial charge in [-0.05, 0) is 19.8 Å². The highest BCUT2D eigenvalue weighted by Gasteiger charge is 2.17. The van der Waals surface area contributed by atoms with E-state index in [1.165, 1.54) is 0 Å². The molecule has 0 saturated heterocycles. The SMILES string of the molecule is CCCCc1n[nH]nc1C(=O)c1ccc(C)cc1. The number of nitrogens with zero attached hydrogens (tertiary/aromatic N) is 2. The zero-order valence-corrected chi connectivity index (χ0v) is 10.7. The number of aryl methyl sites for hydroxylation is 2. The van der Waals surface area contributed by atoms with E-state index in [1.54, 1.807) is 0 Å². The molecule has 4 heteroatoms. The Hall–Kier alpha value is -1.97. The predicted octanol–water partition coefficient (Wildman–Crippen LogP) is 2.69. The summed E-state index contributed by atoms with van der Waals surface area (Å²) in [5.41, 5.74) is 3.01. The van der Waals surface area contributed by atoms with Crippen molar-refractivity contribution in [2.45, 2.75) is 33.1 Å². The van der Waals surface area contributed by atoms with Crippen molar-refractivity contribution in [2.24, 2.45) is 0 Å².